The number of hydrogen-bond donors (Lipinski definition) is 2. The number of hydrazine groups is 1. The average Bonchev–Trinajstić information content (AvgIpc) is 2.96. The highest BCUT2D eigenvalue weighted by atomic mass is 79.9. The molecule has 2 heterocycles. The van der Waals surface area contributed by atoms with E-state index in [9.17, 15) is 9.59 Å². The summed E-state index contributed by atoms with van der Waals surface area (Å²) in [5.74, 6) is -0.614. The van der Waals surface area contributed by atoms with Crippen molar-refractivity contribution >= 4 is 39.1 Å². The summed E-state index contributed by atoms with van der Waals surface area (Å²) in [7, 11) is 1.83. The van der Waals surface area contributed by atoms with Gasteiger partial charge in [0.1, 0.15) is 0 Å². The van der Waals surface area contributed by atoms with E-state index in [1.807, 2.05) is 20.9 Å². The first-order valence-corrected chi connectivity index (χ1v) is 7.83. The Hall–Kier alpha value is -1.67. The Bertz CT molecular complexity index is 692. The van der Waals surface area contributed by atoms with Crippen molar-refractivity contribution in [2.75, 3.05) is 0 Å². The van der Waals surface area contributed by atoms with Crippen molar-refractivity contribution in [1.29, 1.82) is 0 Å². The van der Waals surface area contributed by atoms with Crippen LogP contribution in [0.5, 0.6) is 0 Å². The number of carbonyl (C=O) groups excluding carboxylic acids is 2. The zero-order valence-electron chi connectivity index (χ0n) is 11.9. The first kappa shape index (κ1) is 15.7. The van der Waals surface area contributed by atoms with Crippen molar-refractivity contribution in [1.82, 2.24) is 20.6 Å². The van der Waals surface area contributed by atoms with E-state index in [-0.39, 0.29) is 18.2 Å². The molecule has 2 N–H and O–H groups in total. The predicted molar refractivity (Wildman–Crippen MR) is 84.0 cm³/mol. The number of amides is 2. The normalized spacial score (nSPS) is 10.5. The van der Waals surface area contributed by atoms with Crippen LogP contribution < -0.4 is 10.9 Å². The van der Waals surface area contributed by atoms with E-state index in [1.165, 1.54) is 11.3 Å². The van der Waals surface area contributed by atoms with Crippen molar-refractivity contribution in [2.45, 2.75) is 20.3 Å². The van der Waals surface area contributed by atoms with Crippen LogP contribution in [0.15, 0.2) is 15.9 Å². The molecule has 0 saturated heterocycles. The van der Waals surface area contributed by atoms with Gasteiger partial charge in [0, 0.05) is 18.3 Å². The van der Waals surface area contributed by atoms with Crippen molar-refractivity contribution in [3.63, 3.8) is 0 Å². The van der Waals surface area contributed by atoms with Crippen molar-refractivity contribution < 1.29 is 9.59 Å². The Morgan fingerprint density at radius 3 is 2.57 bits per heavy atom. The SMILES string of the molecule is Cc1nn(C)c(C)c1CC(=O)NNC(=O)c1ccc(Br)s1. The highest BCUT2D eigenvalue weighted by molar-refractivity contribution is 9.11. The summed E-state index contributed by atoms with van der Waals surface area (Å²) in [5.41, 5.74) is 7.46. The molecule has 0 aliphatic rings. The molecule has 112 valence electrons. The second-order valence-corrected chi connectivity index (χ2v) is 7.02. The molecule has 0 unspecified atom stereocenters. The van der Waals surface area contributed by atoms with Crippen LogP contribution in [-0.4, -0.2) is 21.6 Å². The molecule has 0 spiro atoms. The van der Waals surface area contributed by atoms with Crippen molar-refractivity contribution in [3.8, 4) is 0 Å². The topological polar surface area (TPSA) is 76.0 Å². The third-order valence-corrected chi connectivity index (χ3v) is 4.73. The number of aryl methyl sites for hydroxylation is 2. The van der Waals surface area contributed by atoms with Gasteiger partial charge in [-0.05, 0) is 41.9 Å². The summed E-state index contributed by atoms with van der Waals surface area (Å²) in [6.07, 6.45) is 0.180. The van der Waals surface area contributed by atoms with E-state index in [2.05, 4.69) is 31.9 Å². The second kappa shape index (κ2) is 6.40. The van der Waals surface area contributed by atoms with Gasteiger partial charge < -0.3 is 0 Å². The maximum absolute atomic E-state index is 11.9. The van der Waals surface area contributed by atoms with Gasteiger partial charge in [0.25, 0.3) is 5.91 Å². The number of nitrogens with zero attached hydrogens (tertiary/aromatic N) is 2. The number of nitrogens with one attached hydrogen (secondary N) is 2. The largest absolute Gasteiger partial charge is 0.279 e. The van der Waals surface area contributed by atoms with Crippen molar-refractivity contribution in [2.24, 2.45) is 7.05 Å². The molecule has 0 radical (unpaired) electrons. The maximum atomic E-state index is 11.9. The summed E-state index contributed by atoms with van der Waals surface area (Å²) >= 11 is 4.58. The van der Waals surface area contributed by atoms with Gasteiger partial charge in [-0.1, -0.05) is 0 Å². The minimum Gasteiger partial charge on any atom is -0.273 e. The summed E-state index contributed by atoms with van der Waals surface area (Å²) in [4.78, 5) is 24.2. The molecule has 8 heteroatoms. The average molecular weight is 371 g/mol. The summed E-state index contributed by atoms with van der Waals surface area (Å²) < 4.78 is 2.60. The van der Waals surface area contributed by atoms with Crippen LogP contribution >= 0.6 is 27.3 Å². The van der Waals surface area contributed by atoms with E-state index >= 15 is 0 Å². The van der Waals surface area contributed by atoms with Crippen LogP contribution in [0.1, 0.15) is 26.6 Å². The molecule has 6 nitrogen and oxygen atoms in total. The number of thiophene rings is 1. The second-order valence-electron chi connectivity index (χ2n) is 4.56. The number of halogens is 1. The van der Waals surface area contributed by atoms with Crippen LogP contribution in [0.4, 0.5) is 0 Å². The standard InChI is InChI=1S/C13H15BrN4O2S/c1-7-9(8(2)18(3)17-7)6-12(19)15-16-13(20)10-4-5-11(14)21-10/h4-5H,6H2,1-3H3,(H,15,19)(H,16,20). The number of aromatic nitrogens is 2. The predicted octanol–water partition coefficient (Wildman–Crippen LogP) is 1.86. The van der Waals surface area contributed by atoms with Crippen LogP contribution in [0.25, 0.3) is 0 Å². The molecule has 0 aliphatic heterocycles. The molecule has 0 aliphatic carbocycles. The summed E-state index contributed by atoms with van der Waals surface area (Å²) in [5, 5.41) is 4.26. The molecule has 0 saturated carbocycles. The fourth-order valence-electron chi connectivity index (χ4n) is 1.90. The van der Waals surface area contributed by atoms with E-state index < -0.39 is 0 Å². The molecule has 0 fully saturated rings. The van der Waals surface area contributed by atoms with Crippen LogP contribution in [0, 0.1) is 13.8 Å². The molecular formula is C13H15BrN4O2S. The fourth-order valence-corrected chi connectivity index (χ4v) is 3.18. The highest BCUT2D eigenvalue weighted by Gasteiger charge is 2.14. The Labute approximate surface area is 134 Å². The van der Waals surface area contributed by atoms with Crippen LogP contribution in [0.3, 0.4) is 0 Å². The van der Waals surface area contributed by atoms with Crippen LogP contribution in [-0.2, 0) is 18.3 Å². The lowest BCUT2D eigenvalue weighted by Gasteiger charge is -2.06. The molecule has 2 aromatic heterocycles. The molecule has 21 heavy (non-hydrogen) atoms. The fraction of sp³-hybridized carbons (Fsp3) is 0.308. The number of rotatable bonds is 3. The Balaban J connectivity index is 1.92. The highest BCUT2D eigenvalue weighted by Crippen LogP contribution is 2.21. The third kappa shape index (κ3) is 3.70. The molecule has 0 aromatic carbocycles. The monoisotopic (exact) mass is 370 g/mol. The Kier molecular flexibility index (Phi) is 4.79. The first-order chi connectivity index (χ1) is 9.88. The van der Waals surface area contributed by atoms with Gasteiger partial charge >= 0.3 is 0 Å². The molecule has 0 bridgehead atoms. The van der Waals surface area contributed by atoms with Gasteiger partial charge in [-0.2, -0.15) is 5.10 Å². The molecule has 2 amide bonds. The van der Waals surface area contributed by atoms with Gasteiger partial charge in [0.2, 0.25) is 5.91 Å². The first-order valence-electron chi connectivity index (χ1n) is 6.22. The summed E-state index contributed by atoms with van der Waals surface area (Å²) in [6, 6.07) is 3.47. The van der Waals surface area contributed by atoms with E-state index in [0.717, 1.165) is 20.7 Å². The van der Waals surface area contributed by atoms with Gasteiger partial charge in [0.05, 0.1) is 20.8 Å². The zero-order valence-corrected chi connectivity index (χ0v) is 14.3. The number of hydrogen-bond acceptors (Lipinski definition) is 4. The smallest absolute Gasteiger partial charge is 0.273 e. The molecule has 0 atom stereocenters. The van der Waals surface area contributed by atoms with Crippen LogP contribution in [0.2, 0.25) is 0 Å². The minimum absolute atomic E-state index is 0.180. The van der Waals surface area contributed by atoms with E-state index in [4.69, 9.17) is 0 Å². The maximum Gasteiger partial charge on any atom is 0.279 e. The number of carbonyl (C=O) groups is 2. The van der Waals surface area contributed by atoms with Gasteiger partial charge in [-0.15, -0.1) is 11.3 Å². The van der Waals surface area contributed by atoms with Gasteiger partial charge in [0.15, 0.2) is 0 Å². The molecular weight excluding hydrogens is 356 g/mol. The quantitative estimate of drug-likeness (QED) is 0.809. The van der Waals surface area contributed by atoms with E-state index in [0.29, 0.717) is 4.88 Å². The van der Waals surface area contributed by atoms with Gasteiger partial charge in [-0.3, -0.25) is 25.1 Å². The lowest BCUT2D eigenvalue weighted by atomic mass is 10.1. The molecule has 2 rings (SSSR count). The van der Waals surface area contributed by atoms with E-state index in [1.54, 1.807) is 16.8 Å². The van der Waals surface area contributed by atoms with Crippen molar-refractivity contribution in [3.05, 3.63) is 37.7 Å². The lowest BCUT2D eigenvalue weighted by Crippen LogP contribution is -2.42. The zero-order chi connectivity index (χ0) is 15.6. The Morgan fingerprint density at radius 1 is 1.33 bits per heavy atom. The third-order valence-electron chi connectivity index (χ3n) is 3.11. The Morgan fingerprint density at radius 2 is 2.05 bits per heavy atom. The summed E-state index contributed by atoms with van der Waals surface area (Å²) in [6.45, 7) is 3.77. The minimum atomic E-state index is -0.335. The molecule has 2 aromatic rings. The lowest BCUT2D eigenvalue weighted by molar-refractivity contribution is -0.121. The van der Waals surface area contributed by atoms with Gasteiger partial charge in [-0.25, -0.2) is 0 Å².